The number of carbonyl (C=O) groups is 1. The first kappa shape index (κ1) is 24.5. The molecule has 7 heteroatoms. The molecule has 0 bridgehead atoms. The van der Waals surface area contributed by atoms with Crippen molar-refractivity contribution >= 4 is 22.7 Å². The molecule has 0 amide bonds. The Balaban J connectivity index is 1.70. The van der Waals surface area contributed by atoms with Crippen LogP contribution < -0.4 is 10.1 Å². The highest BCUT2D eigenvalue weighted by atomic mass is 16.5. The van der Waals surface area contributed by atoms with Crippen LogP contribution in [0.4, 0.5) is 5.82 Å². The Hall–Kier alpha value is -3.66. The molecule has 1 saturated carbocycles. The molecule has 0 aliphatic heterocycles. The van der Waals surface area contributed by atoms with Crippen molar-refractivity contribution in [2.24, 2.45) is 5.92 Å². The monoisotopic (exact) mass is 472 g/mol. The van der Waals surface area contributed by atoms with Crippen LogP contribution in [-0.2, 0) is 9.53 Å². The minimum absolute atomic E-state index is 0.0285. The Morgan fingerprint density at radius 3 is 2.54 bits per heavy atom. The Kier molecular flexibility index (Phi) is 7.20. The van der Waals surface area contributed by atoms with Crippen LogP contribution in [0.5, 0.6) is 5.75 Å². The molecule has 1 aliphatic carbocycles. The lowest BCUT2D eigenvalue weighted by Gasteiger charge is -2.28. The second kappa shape index (κ2) is 10.3. The van der Waals surface area contributed by atoms with E-state index in [2.05, 4.69) is 29.4 Å². The van der Waals surface area contributed by atoms with E-state index in [1.54, 1.807) is 7.11 Å². The lowest BCUT2D eigenvalue weighted by Crippen LogP contribution is -2.22. The van der Waals surface area contributed by atoms with E-state index >= 15 is 0 Å². The minimum Gasteiger partial charge on any atom is -0.496 e. The van der Waals surface area contributed by atoms with Gasteiger partial charge in [0.15, 0.2) is 0 Å². The maximum absolute atomic E-state index is 12.0. The van der Waals surface area contributed by atoms with Crippen molar-refractivity contribution in [2.75, 3.05) is 19.5 Å². The molecular weight excluding hydrogens is 440 g/mol. The smallest absolute Gasteiger partial charge is 0.308 e. The van der Waals surface area contributed by atoms with Crippen LogP contribution in [0.2, 0.25) is 0 Å². The zero-order chi connectivity index (χ0) is 25.1. The van der Waals surface area contributed by atoms with Crippen LogP contribution in [-0.4, -0.2) is 30.2 Å². The van der Waals surface area contributed by atoms with Crippen LogP contribution in [0.3, 0.4) is 0 Å². The number of hydrogen-bond donors (Lipinski definition) is 1. The van der Waals surface area contributed by atoms with E-state index in [1.807, 2.05) is 38.1 Å². The zero-order valence-electron chi connectivity index (χ0n) is 21.0. The molecule has 2 aromatic carbocycles. The maximum Gasteiger partial charge on any atom is 0.308 e. The van der Waals surface area contributed by atoms with E-state index in [-0.39, 0.29) is 23.8 Å². The van der Waals surface area contributed by atoms with E-state index < -0.39 is 0 Å². The number of hydrogen-bond acceptors (Lipinski definition) is 7. The predicted octanol–water partition coefficient (Wildman–Crippen LogP) is 5.75. The third-order valence-corrected chi connectivity index (χ3v) is 7.18. The Bertz CT molecular complexity index is 1290. The first-order chi connectivity index (χ1) is 16.9. The highest BCUT2D eigenvalue weighted by Crippen LogP contribution is 2.42. The number of esters is 1. The Morgan fingerprint density at radius 2 is 1.89 bits per heavy atom. The molecule has 7 nitrogen and oxygen atoms in total. The van der Waals surface area contributed by atoms with Gasteiger partial charge in [-0.2, -0.15) is 5.26 Å². The molecule has 1 N–H and O–H groups in total. The zero-order valence-corrected chi connectivity index (χ0v) is 21.0. The number of ether oxygens (including phenoxy) is 2. The molecule has 1 atom stereocenters. The van der Waals surface area contributed by atoms with Gasteiger partial charge in [0.1, 0.15) is 17.4 Å². The molecule has 1 fully saturated rings. The van der Waals surface area contributed by atoms with Crippen molar-refractivity contribution in [2.45, 2.75) is 58.4 Å². The predicted molar refractivity (Wildman–Crippen MR) is 135 cm³/mol. The first-order valence-corrected chi connectivity index (χ1v) is 12.1. The van der Waals surface area contributed by atoms with Gasteiger partial charge in [-0.05, 0) is 81.2 Å². The van der Waals surface area contributed by atoms with Crippen LogP contribution in [0, 0.1) is 31.1 Å². The highest BCUT2D eigenvalue weighted by Gasteiger charge is 2.29. The summed E-state index contributed by atoms with van der Waals surface area (Å²) in [6, 6.07) is 12.1. The van der Waals surface area contributed by atoms with Crippen molar-refractivity contribution < 1.29 is 14.3 Å². The summed E-state index contributed by atoms with van der Waals surface area (Å²) in [6.07, 6.45) is 3.40. The third kappa shape index (κ3) is 4.93. The molecule has 1 aromatic heterocycles. The number of benzene rings is 2. The summed E-state index contributed by atoms with van der Waals surface area (Å²) in [4.78, 5) is 21.4. The average molecular weight is 473 g/mol. The van der Waals surface area contributed by atoms with Gasteiger partial charge < -0.3 is 14.8 Å². The van der Waals surface area contributed by atoms with Crippen LogP contribution in [0.1, 0.15) is 72.6 Å². The number of aryl methyl sites for hydroxylation is 1. The fourth-order valence-corrected chi connectivity index (χ4v) is 5.23. The van der Waals surface area contributed by atoms with Crippen LogP contribution >= 0.6 is 0 Å². The molecule has 0 unspecified atom stereocenters. The molecule has 35 heavy (non-hydrogen) atoms. The lowest BCUT2D eigenvalue weighted by atomic mass is 9.78. The standard InChI is InChI=1S/C28H32N4O3/c1-16-21(15-29)7-6-8-22(16)17(2)30-27-24-13-23(19-9-11-20(12-10-19)28(33)35-5)26(34-4)14-25(24)31-18(3)32-27/h6-8,13-14,17,19-20H,9-12H2,1-5H3,(H,30,31,32)/t17-,19?,20?/m1/s1. The molecule has 1 heterocycles. The van der Waals surface area contributed by atoms with Crippen molar-refractivity contribution in [1.29, 1.82) is 5.26 Å². The molecule has 4 rings (SSSR count). The highest BCUT2D eigenvalue weighted by molar-refractivity contribution is 5.91. The molecular formula is C28H32N4O3. The Morgan fingerprint density at radius 1 is 1.14 bits per heavy atom. The Labute approximate surface area is 206 Å². The van der Waals surface area contributed by atoms with Gasteiger partial charge in [-0.25, -0.2) is 9.97 Å². The fourth-order valence-electron chi connectivity index (χ4n) is 5.23. The van der Waals surface area contributed by atoms with Crippen molar-refractivity contribution in [3.05, 3.63) is 58.4 Å². The number of rotatable bonds is 6. The van der Waals surface area contributed by atoms with Crippen LogP contribution in [0.15, 0.2) is 30.3 Å². The summed E-state index contributed by atoms with van der Waals surface area (Å²) in [5.74, 6) is 2.38. The van der Waals surface area contributed by atoms with Gasteiger partial charge in [-0.15, -0.1) is 0 Å². The number of nitrogens with one attached hydrogen (secondary N) is 1. The summed E-state index contributed by atoms with van der Waals surface area (Å²) < 4.78 is 10.7. The topological polar surface area (TPSA) is 97.1 Å². The summed E-state index contributed by atoms with van der Waals surface area (Å²) in [5.41, 5.74) is 4.64. The van der Waals surface area contributed by atoms with Gasteiger partial charge in [0.05, 0.1) is 43.3 Å². The van der Waals surface area contributed by atoms with Crippen molar-refractivity contribution in [3.8, 4) is 11.8 Å². The van der Waals surface area contributed by atoms with E-state index in [0.717, 1.165) is 64.8 Å². The normalized spacial score (nSPS) is 18.5. The quantitative estimate of drug-likeness (QED) is 0.456. The van der Waals surface area contributed by atoms with E-state index in [0.29, 0.717) is 11.4 Å². The summed E-state index contributed by atoms with van der Waals surface area (Å²) >= 11 is 0. The summed E-state index contributed by atoms with van der Waals surface area (Å²) in [5, 5.41) is 13.9. The number of anilines is 1. The van der Waals surface area contributed by atoms with Gasteiger partial charge in [-0.1, -0.05) is 12.1 Å². The average Bonchev–Trinajstić information content (AvgIpc) is 2.87. The molecule has 0 radical (unpaired) electrons. The lowest BCUT2D eigenvalue weighted by molar-refractivity contribution is -0.146. The number of nitrogens with zero attached hydrogens (tertiary/aromatic N) is 3. The van der Waals surface area contributed by atoms with Gasteiger partial charge in [0.25, 0.3) is 0 Å². The number of aromatic nitrogens is 2. The molecule has 0 saturated heterocycles. The van der Waals surface area contributed by atoms with Gasteiger partial charge in [-0.3, -0.25) is 4.79 Å². The second-order valence-electron chi connectivity index (χ2n) is 9.30. The second-order valence-corrected chi connectivity index (χ2v) is 9.30. The van der Waals surface area contributed by atoms with E-state index in [9.17, 15) is 10.1 Å². The number of nitriles is 1. The molecule has 182 valence electrons. The van der Waals surface area contributed by atoms with E-state index in [1.165, 1.54) is 7.11 Å². The number of carbonyl (C=O) groups excluding carboxylic acids is 1. The summed E-state index contributed by atoms with van der Waals surface area (Å²) in [6.45, 7) is 5.93. The molecule has 3 aromatic rings. The van der Waals surface area contributed by atoms with Gasteiger partial charge >= 0.3 is 5.97 Å². The fraction of sp³-hybridized carbons (Fsp3) is 0.429. The van der Waals surface area contributed by atoms with Gasteiger partial charge in [0, 0.05) is 11.5 Å². The molecule has 0 spiro atoms. The largest absolute Gasteiger partial charge is 0.496 e. The van der Waals surface area contributed by atoms with Crippen molar-refractivity contribution in [3.63, 3.8) is 0 Å². The van der Waals surface area contributed by atoms with Crippen molar-refractivity contribution in [1.82, 2.24) is 9.97 Å². The molecule has 1 aliphatic rings. The third-order valence-electron chi connectivity index (χ3n) is 7.18. The minimum atomic E-state index is -0.117. The number of methoxy groups -OCH3 is 2. The van der Waals surface area contributed by atoms with E-state index in [4.69, 9.17) is 14.5 Å². The van der Waals surface area contributed by atoms with Gasteiger partial charge in [0.2, 0.25) is 0 Å². The first-order valence-electron chi connectivity index (χ1n) is 12.1. The SMILES string of the molecule is COC(=O)C1CCC(c2cc3c(N[C@H](C)c4cccc(C#N)c4C)nc(C)nc3cc2OC)CC1. The number of fused-ring (bicyclic) bond motifs is 1. The summed E-state index contributed by atoms with van der Waals surface area (Å²) in [7, 11) is 3.14. The maximum atomic E-state index is 12.0. The van der Waals surface area contributed by atoms with Crippen LogP contribution in [0.25, 0.3) is 10.9 Å².